The lowest BCUT2D eigenvalue weighted by atomic mass is 10.1. The lowest BCUT2D eigenvalue weighted by molar-refractivity contribution is 0.0948. The van der Waals surface area contributed by atoms with E-state index in [0.29, 0.717) is 12.4 Å². The zero-order valence-electron chi connectivity index (χ0n) is 12.0. The largest absolute Gasteiger partial charge is 0.508 e. The Labute approximate surface area is 127 Å². The van der Waals surface area contributed by atoms with Gasteiger partial charge in [0.15, 0.2) is 11.5 Å². The predicted octanol–water partition coefficient (Wildman–Crippen LogP) is 2.13. The molecule has 0 atom stereocenters. The van der Waals surface area contributed by atoms with Crippen LogP contribution in [0.3, 0.4) is 0 Å². The van der Waals surface area contributed by atoms with Gasteiger partial charge in [-0.15, -0.1) is 0 Å². The van der Waals surface area contributed by atoms with Gasteiger partial charge in [-0.05, 0) is 36.8 Å². The van der Waals surface area contributed by atoms with Gasteiger partial charge in [0.1, 0.15) is 11.5 Å². The first-order valence-corrected chi connectivity index (χ1v) is 6.76. The van der Waals surface area contributed by atoms with Gasteiger partial charge in [-0.2, -0.15) is 0 Å². The molecule has 0 unspecified atom stereocenters. The van der Waals surface area contributed by atoms with Gasteiger partial charge in [-0.3, -0.25) is 4.79 Å². The summed E-state index contributed by atoms with van der Waals surface area (Å²) in [4.78, 5) is 12.0. The van der Waals surface area contributed by atoms with Crippen molar-refractivity contribution in [2.24, 2.45) is 0 Å². The molecule has 0 saturated heterocycles. The molecule has 0 spiro atoms. The zero-order valence-corrected chi connectivity index (χ0v) is 12.0. The third-order valence-electron chi connectivity index (χ3n) is 3.00. The molecule has 22 heavy (non-hydrogen) atoms. The highest BCUT2D eigenvalue weighted by Gasteiger charge is 2.12. The van der Waals surface area contributed by atoms with Gasteiger partial charge in [-0.1, -0.05) is 6.07 Å². The Morgan fingerprint density at radius 3 is 2.55 bits per heavy atom. The molecule has 0 aromatic heterocycles. The Balaban J connectivity index is 2.06. The number of phenolic OH excluding ortho intramolecular Hbond substituents is 3. The van der Waals surface area contributed by atoms with Crippen LogP contribution < -0.4 is 10.1 Å². The molecular formula is C16H17NO5. The molecule has 0 radical (unpaired) electrons. The van der Waals surface area contributed by atoms with Crippen LogP contribution in [0.25, 0.3) is 0 Å². The van der Waals surface area contributed by atoms with Crippen molar-refractivity contribution in [2.45, 2.75) is 13.5 Å². The Morgan fingerprint density at radius 2 is 1.86 bits per heavy atom. The molecule has 2 rings (SSSR count). The second kappa shape index (κ2) is 6.71. The Kier molecular flexibility index (Phi) is 4.73. The quantitative estimate of drug-likeness (QED) is 0.678. The molecule has 2 aromatic rings. The molecule has 0 aliphatic rings. The van der Waals surface area contributed by atoms with Crippen LogP contribution in [0.1, 0.15) is 22.8 Å². The van der Waals surface area contributed by atoms with Gasteiger partial charge in [-0.25, -0.2) is 0 Å². The Bertz CT molecular complexity index is 684. The monoisotopic (exact) mass is 303 g/mol. The summed E-state index contributed by atoms with van der Waals surface area (Å²) in [5.74, 6) is -0.495. The van der Waals surface area contributed by atoms with Crippen LogP contribution in [0.15, 0.2) is 36.4 Å². The lowest BCUT2D eigenvalue weighted by Crippen LogP contribution is -2.22. The minimum absolute atomic E-state index is 0.0353. The van der Waals surface area contributed by atoms with Crippen molar-refractivity contribution in [3.8, 4) is 23.0 Å². The first kappa shape index (κ1) is 15.5. The van der Waals surface area contributed by atoms with E-state index in [1.165, 1.54) is 18.2 Å². The summed E-state index contributed by atoms with van der Waals surface area (Å²) < 4.78 is 5.27. The second-order valence-electron chi connectivity index (χ2n) is 4.62. The van der Waals surface area contributed by atoms with Crippen molar-refractivity contribution in [2.75, 3.05) is 6.61 Å². The molecule has 2 aromatic carbocycles. The molecule has 116 valence electrons. The summed E-state index contributed by atoms with van der Waals surface area (Å²) in [5.41, 5.74) is 0.814. The number of ether oxygens (including phenoxy) is 1. The third-order valence-corrected chi connectivity index (χ3v) is 3.00. The van der Waals surface area contributed by atoms with Crippen molar-refractivity contribution in [1.29, 1.82) is 0 Å². The summed E-state index contributed by atoms with van der Waals surface area (Å²) in [6, 6.07) is 8.54. The number of carbonyl (C=O) groups is 1. The highest BCUT2D eigenvalue weighted by molar-refractivity contribution is 5.96. The molecule has 0 aliphatic carbocycles. The van der Waals surface area contributed by atoms with Crippen molar-refractivity contribution in [1.82, 2.24) is 5.32 Å². The molecule has 6 heteroatoms. The minimum atomic E-state index is -0.469. The first-order valence-electron chi connectivity index (χ1n) is 6.76. The zero-order chi connectivity index (χ0) is 16.1. The summed E-state index contributed by atoms with van der Waals surface area (Å²) in [6.45, 7) is 2.44. The predicted molar refractivity (Wildman–Crippen MR) is 80.2 cm³/mol. The van der Waals surface area contributed by atoms with Gasteiger partial charge in [0, 0.05) is 12.6 Å². The summed E-state index contributed by atoms with van der Waals surface area (Å²) in [7, 11) is 0. The van der Waals surface area contributed by atoms with E-state index in [-0.39, 0.29) is 29.4 Å². The number of amides is 1. The standard InChI is InChI=1S/C16H17NO5/c1-2-22-15-7-10(3-6-13(15)19)9-17-16(21)12-5-4-11(18)8-14(12)20/h3-8,18-20H,2,9H2,1H3,(H,17,21). The van der Waals surface area contributed by atoms with Crippen LogP contribution in [0.5, 0.6) is 23.0 Å². The number of carbonyl (C=O) groups excluding carboxylic acids is 1. The van der Waals surface area contributed by atoms with E-state index in [0.717, 1.165) is 11.6 Å². The molecule has 0 saturated carbocycles. The van der Waals surface area contributed by atoms with Gasteiger partial charge >= 0.3 is 0 Å². The third kappa shape index (κ3) is 3.60. The first-order chi connectivity index (χ1) is 10.5. The molecule has 0 bridgehead atoms. The van der Waals surface area contributed by atoms with Crippen LogP contribution in [0, 0.1) is 0 Å². The second-order valence-corrected chi connectivity index (χ2v) is 4.62. The van der Waals surface area contributed by atoms with E-state index in [1.807, 2.05) is 6.92 Å². The van der Waals surface area contributed by atoms with Crippen LogP contribution in [0.4, 0.5) is 0 Å². The van der Waals surface area contributed by atoms with Crippen LogP contribution in [-0.2, 0) is 6.54 Å². The van der Waals surface area contributed by atoms with Gasteiger partial charge in [0.05, 0.1) is 12.2 Å². The SMILES string of the molecule is CCOc1cc(CNC(=O)c2ccc(O)cc2O)ccc1O. The molecule has 0 heterocycles. The van der Waals surface area contributed by atoms with Crippen molar-refractivity contribution in [3.05, 3.63) is 47.5 Å². The summed E-state index contributed by atoms with van der Waals surface area (Å²) in [6.07, 6.45) is 0. The maximum Gasteiger partial charge on any atom is 0.255 e. The fraction of sp³-hybridized carbons (Fsp3) is 0.188. The molecule has 1 amide bonds. The van der Waals surface area contributed by atoms with Gasteiger partial charge in [0.2, 0.25) is 0 Å². The number of hydrogen-bond acceptors (Lipinski definition) is 5. The minimum Gasteiger partial charge on any atom is -0.508 e. The van der Waals surface area contributed by atoms with E-state index in [2.05, 4.69) is 5.32 Å². The van der Waals surface area contributed by atoms with Crippen molar-refractivity contribution >= 4 is 5.91 Å². The lowest BCUT2D eigenvalue weighted by Gasteiger charge is -2.10. The molecule has 6 nitrogen and oxygen atoms in total. The molecule has 0 aliphatic heterocycles. The number of benzene rings is 2. The highest BCUT2D eigenvalue weighted by atomic mass is 16.5. The molecular weight excluding hydrogens is 286 g/mol. The Hall–Kier alpha value is -2.89. The number of phenols is 3. The number of hydrogen-bond donors (Lipinski definition) is 4. The average molecular weight is 303 g/mol. The fourth-order valence-electron chi connectivity index (χ4n) is 1.93. The van der Waals surface area contributed by atoms with E-state index >= 15 is 0 Å². The van der Waals surface area contributed by atoms with E-state index < -0.39 is 5.91 Å². The van der Waals surface area contributed by atoms with Crippen molar-refractivity contribution in [3.63, 3.8) is 0 Å². The number of nitrogens with one attached hydrogen (secondary N) is 1. The van der Waals surface area contributed by atoms with Crippen molar-refractivity contribution < 1.29 is 24.9 Å². The van der Waals surface area contributed by atoms with Gasteiger partial charge in [0.25, 0.3) is 5.91 Å². The summed E-state index contributed by atoms with van der Waals surface area (Å²) >= 11 is 0. The van der Waals surface area contributed by atoms with E-state index in [4.69, 9.17) is 4.74 Å². The fourth-order valence-corrected chi connectivity index (χ4v) is 1.93. The van der Waals surface area contributed by atoms with Crippen LogP contribution >= 0.6 is 0 Å². The maximum absolute atomic E-state index is 12.0. The maximum atomic E-state index is 12.0. The Morgan fingerprint density at radius 1 is 1.09 bits per heavy atom. The highest BCUT2D eigenvalue weighted by Crippen LogP contribution is 2.27. The normalized spacial score (nSPS) is 10.2. The van der Waals surface area contributed by atoms with Crippen LogP contribution in [-0.4, -0.2) is 27.8 Å². The number of aromatic hydroxyl groups is 3. The molecule has 4 N–H and O–H groups in total. The number of rotatable bonds is 5. The van der Waals surface area contributed by atoms with E-state index in [1.54, 1.807) is 12.1 Å². The molecule has 0 fully saturated rings. The smallest absolute Gasteiger partial charge is 0.255 e. The average Bonchev–Trinajstić information content (AvgIpc) is 2.48. The van der Waals surface area contributed by atoms with Gasteiger partial charge < -0.3 is 25.4 Å². The summed E-state index contributed by atoms with van der Waals surface area (Å²) in [5, 5.41) is 31.1. The van der Waals surface area contributed by atoms with E-state index in [9.17, 15) is 20.1 Å². The van der Waals surface area contributed by atoms with Crippen LogP contribution in [0.2, 0.25) is 0 Å². The topological polar surface area (TPSA) is 99.0 Å².